The first-order chi connectivity index (χ1) is 10.0. The van der Waals surface area contributed by atoms with E-state index in [2.05, 4.69) is 10.1 Å². The monoisotopic (exact) mass is 302 g/mol. The van der Waals surface area contributed by atoms with Crippen molar-refractivity contribution < 1.29 is 27.8 Å². The van der Waals surface area contributed by atoms with E-state index >= 15 is 0 Å². The van der Waals surface area contributed by atoms with E-state index < -0.39 is 12.5 Å². The van der Waals surface area contributed by atoms with Crippen molar-refractivity contribution in [1.29, 1.82) is 0 Å². The molecule has 1 aliphatic rings. The number of hydrogen-bond acceptors (Lipinski definition) is 5. The van der Waals surface area contributed by atoms with Crippen molar-refractivity contribution in [1.82, 2.24) is 0 Å². The third kappa shape index (κ3) is 3.79. The van der Waals surface area contributed by atoms with Crippen molar-refractivity contribution in [2.75, 3.05) is 25.6 Å². The molecule has 0 spiro atoms. The van der Waals surface area contributed by atoms with E-state index in [4.69, 9.17) is 15.2 Å². The van der Waals surface area contributed by atoms with Crippen molar-refractivity contribution in [3.63, 3.8) is 0 Å². The number of nitrogens with two attached hydrogens (primary N) is 1. The van der Waals surface area contributed by atoms with Crippen LogP contribution < -0.4 is 20.5 Å². The van der Waals surface area contributed by atoms with Gasteiger partial charge >= 0.3 is 6.61 Å². The summed E-state index contributed by atoms with van der Waals surface area (Å²) in [6.45, 7) is -2.43. The van der Waals surface area contributed by atoms with Gasteiger partial charge in [0.1, 0.15) is 0 Å². The minimum atomic E-state index is -2.98. The van der Waals surface area contributed by atoms with Gasteiger partial charge in [0, 0.05) is 17.8 Å². The number of rotatable bonds is 5. The Morgan fingerprint density at radius 1 is 1.43 bits per heavy atom. The molecular formula is C13H16F2N2O4. The summed E-state index contributed by atoms with van der Waals surface area (Å²) < 4.78 is 39.0. The Balaban J connectivity index is 2.11. The van der Waals surface area contributed by atoms with Crippen molar-refractivity contribution in [2.45, 2.75) is 12.7 Å². The van der Waals surface area contributed by atoms with Gasteiger partial charge in [0.25, 0.3) is 0 Å². The number of carbonyl (C=O) groups is 1. The van der Waals surface area contributed by atoms with Gasteiger partial charge < -0.3 is 25.3 Å². The molecule has 116 valence electrons. The molecule has 6 nitrogen and oxygen atoms in total. The molecule has 1 saturated heterocycles. The Morgan fingerprint density at radius 3 is 2.76 bits per heavy atom. The maximum Gasteiger partial charge on any atom is 0.387 e. The van der Waals surface area contributed by atoms with Crippen LogP contribution in [0.5, 0.6) is 11.5 Å². The fourth-order valence-electron chi connectivity index (χ4n) is 2.02. The van der Waals surface area contributed by atoms with E-state index in [1.807, 2.05) is 0 Å². The van der Waals surface area contributed by atoms with Crippen molar-refractivity contribution in [3.05, 3.63) is 18.2 Å². The summed E-state index contributed by atoms with van der Waals surface area (Å²) >= 11 is 0. The lowest BCUT2D eigenvalue weighted by Gasteiger charge is -2.15. The number of hydrogen-bond donors (Lipinski definition) is 2. The molecule has 0 bridgehead atoms. The van der Waals surface area contributed by atoms with Gasteiger partial charge in [-0.15, -0.1) is 0 Å². The fraction of sp³-hybridized carbons (Fsp3) is 0.462. The van der Waals surface area contributed by atoms with E-state index in [0.717, 1.165) is 0 Å². The molecule has 1 aromatic carbocycles. The highest BCUT2D eigenvalue weighted by molar-refractivity contribution is 5.93. The Bertz CT molecular complexity index is 513. The van der Waals surface area contributed by atoms with Crippen molar-refractivity contribution in [3.8, 4) is 11.5 Å². The normalized spacial score (nSPS) is 21.4. The molecule has 2 atom stereocenters. The van der Waals surface area contributed by atoms with Gasteiger partial charge in [-0.1, -0.05) is 0 Å². The van der Waals surface area contributed by atoms with Gasteiger partial charge in [0.2, 0.25) is 5.91 Å². The number of anilines is 1. The molecule has 0 saturated carbocycles. The smallest absolute Gasteiger partial charge is 0.387 e. The van der Waals surface area contributed by atoms with Crippen LogP contribution in [0.15, 0.2) is 18.2 Å². The number of amides is 1. The lowest BCUT2D eigenvalue weighted by atomic mass is 10.0. The summed E-state index contributed by atoms with van der Waals surface area (Å²) in [5.74, 6) is -0.800. The van der Waals surface area contributed by atoms with Crippen molar-refractivity contribution >= 4 is 11.6 Å². The van der Waals surface area contributed by atoms with E-state index in [1.54, 1.807) is 0 Å². The second-order valence-electron chi connectivity index (χ2n) is 4.54. The zero-order valence-electron chi connectivity index (χ0n) is 11.3. The van der Waals surface area contributed by atoms with Crippen LogP contribution in [0, 0.1) is 5.92 Å². The van der Waals surface area contributed by atoms with Gasteiger partial charge in [-0.05, 0) is 12.1 Å². The molecule has 21 heavy (non-hydrogen) atoms. The van der Waals surface area contributed by atoms with Crippen LogP contribution in [0.1, 0.15) is 0 Å². The quantitative estimate of drug-likeness (QED) is 0.854. The Kier molecular flexibility index (Phi) is 4.92. The minimum Gasteiger partial charge on any atom is -0.493 e. The molecule has 1 amide bonds. The van der Waals surface area contributed by atoms with E-state index in [1.165, 1.54) is 25.3 Å². The first-order valence-electron chi connectivity index (χ1n) is 6.28. The van der Waals surface area contributed by atoms with Crippen LogP contribution in [0.4, 0.5) is 14.5 Å². The summed E-state index contributed by atoms with van der Waals surface area (Å²) in [4.78, 5) is 12.0. The van der Waals surface area contributed by atoms with E-state index in [-0.39, 0.29) is 30.1 Å². The molecule has 0 aromatic heterocycles. The molecule has 1 aromatic rings. The lowest BCUT2D eigenvalue weighted by Crippen LogP contribution is -2.37. The number of methoxy groups -OCH3 is 1. The maximum absolute atomic E-state index is 12.3. The molecule has 1 aliphatic heterocycles. The van der Waals surface area contributed by atoms with Gasteiger partial charge in [0.15, 0.2) is 11.5 Å². The van der Waals surface area contributed by atoms with Crippen molar-refractivity contribution in [2.24, 2.45) is 11.7 Å². The van der Waals surface area contributed by atoms with Crippen LogP contribution in [0.25, 0.3) is 0 Å². The number of benzene rings is 1. The van der Waals surface area contributed by atoms with Crippen LogP contribution in [0.3, 0.4) is 0 Å². The topological polar surface area (TPSA) is 82.8 Å². The summed E-state index contributed by atoms with van der Waals surface area (Å²) in [5.41, 5.74) is 6.06. The van der Waals surface area contributed by atoms with Crippen LogP contribution in [-0.2, 0) is 9.53 Å². The van der Waals surface area contributed by atoms with E-state index in [0.29, 0.717) is 12.3 Å². The number of carbonyl (C=O) groups excluding carboxylic acids is 1. The number of halogens is 2. The fourth-order valence-corrected chi connectivity index (χ4v) is 2.02. The SMILES string of the molecule is COc1ccc(NC(=O)C2COCC2N)cc1OC(F)F. The molecule has 1 fully saturated rings. The second kappa shape index (κ2) is 6.68. The Labute approximate surface area is 120 Å². The first-order valence-corrected chi connectivity index (χ1v) is 6.28. The average Bonchev–Trinajstić information content (AvgIpc) is 2.85. The van der Waals surface area contributed by atoms with E-state index in [9.17, 15) is 13.6 Å². The van der Waals surface area contributed by atoms with Gasteiger partial charge in [0.05, 0.1) is 26.2 Å². The van der Waals surface area contributed by atoms with Gasteiger partial charge in [-0.3, -0.25) is 4.79 Å². The second-order valence-corrected chi connectivity index (χ2v) is 4.54. The van der Waals surface area contributed by atoms with Gasteiger partial charge in [-0.25, -0.2) is 0 Å². The van der Waals surface area contributed by atoms with Crippen LogP contribution >= 0.6 is 0 Å². The third-order valence-corrected chi connectivity index (χ3v) is 3.11. The first kappa shape index (κ1) is 15.5. The maximum atomic E-state index is 12.3. The summed E-state index contributed by atoms with van der Waals surface area (Å²) in [6.07, 6.45) is 0. The highest BCUT2D eigenvalue weighted by atomic mass is 19.3. The summed E-state index contributed by atoms with van der Waals surface area (Å²) in [6, 6.07) is 3.85. The highest BCUT2D eigenvalue weighted by Gasteiger charge is 2.31. The average molecular weight is 302 g/mol. The minimum absolute atomic E-state index is 0.147. The number of alkyl halides is 2. The standard InChI is InChI=1S/C13H16F2N2O4/c1-19-10-3-2-7(4-11(10)21-13(14)15)17-12(18)8-5-20-6-9(8)16/h2-4,8-9,13H,5-6,16H2,1H3,(H,17,18). The number of ether oxygens (including phenoxy) is 3. The van der Waals surface area contributed by atoms with Gasteiger partial charge in [-0.2, -0.15) is 8.78 Å². The molecule has 1 heterocycles. The largest absolute Gasteiger partial charge is 0.493 e. The Hall–Kier alpha value is -1.93. The molecule has 2 unspecified atom stereocenters. The zero-order chi connectivity index (χ0) is 15.4. The molecule has 8 heteroatoms. The molecule has 2 rings (SSSR count). The molecule has 0 aliphatic carbocycles. The van der Waals surface area contributed by atoms with Crippen LogP contribution in [0.2, 0.25) is 0 Å². The predicted molar refractivity (Wildman–Crippen MR) is 70.5 cm³/mol. The number of nitrogens with one attached hydrogen (secondary N) is 1. The lowest BCUT2D eigenvalue weighted by molar-refractivity contribution is -0.120. The Morgan fingerprint density at radius 2 is 2.19 bits per heavy atom. The predicted octanol–water partition coefficient (Wildman–Crippen LogP) is 1.21. The highest BCUT2D eigenvalue weighted by Crippen LogP contribution is 2.31. The zero-order valence-corrected chi connectivity index (χ0v) is 11.3. The molecular weight excluding hydrogens is 286 g/mol. The summed E-state index contributed by atoms with van der Waals surface area (Å²) in [5, 5.41) is 2.60. The molecule has 3 N–H and O–H groups in total. The molecule has 0 radical (unpaired) electrons. The van der Waals surface area contributed by atoms with Crippen LogP contribution in [-0.4, -0.2) is 38.9 Å². The summed E-state index contributed by atoms with van der Waals surface area (Å²) in [7, 11) is 1.33. The third-order valence-electron chi connectivity index (χ3n) is 3.11.